The van der Waals surface area contributed by atoms with Crippen LogP contribution in [0.25, 0.3) is 0 Å². The lowest BCUT2D eigenvalue weighted by Gasteiger charge is -2.31. The molecule has 0 aromatic carbocycles. The molecule has 0 bridgehead atoms. The largest absolute Gasteiger partial charge is 0.304 e. The Balaban J connectivity index is 2.17. The maximum absolute atomic E-state index is 2.49. The van der Waals surface area contributed by atoms with Crippen molar-refractivity contribution in [3.63, 3.8) is 0 Å². The van der Waals surface area contributed by atoms with E-state index >= 15 is 0 Å². The van der Waals surface area contributed by atoms with E-state index in [-0.39, 0.29) is 0 Å². The van der Waals surface area contributed by atoms with Crippen LogP contribution in [0.1, 0.15) is 6.92 Å². The van der Waals surface area contributed by atoms with Crippen LogP contribution in [0.3, 0.4) is 0 Å². The quantitative estimate of drug-likeness (QED) is 0.543. The molecule has 0 N–H and O–H groups in total. The minimum absolute atomic E-state index is 1.13. The van der Waals surface area contributed by atoms with Gasteiger partial charge in [-0.25, -0.2) is 0 Å². The standard InChI is InChI=1S/C9H18N2/c1-3-4-5-11-8-6-10(2)7-9-11/h3-4H,5-9H2,1-2H3. The molecule has 0 saturated carbocycles. The molecule has 1 aliphatic heterocycles. The molecule has 1 heterocycles. The predicted octanol–water partition coefficient (Wildman–Crippen LogP) is 0.810. The summed E-state index contributed by atoms with van der Waals surface area (Å²) in [5, 5.41) is 0. The van der Waals surface area contributed by atoms with E-state index in [0.717, 1.165) is 6.54 Å². The fourth-order valence-corrected chi connectivity index (χ4v) is 1.28. The second-order valence-electron chi connectivity index (χ2n) is 3.17. The molecule has 0 unspecified atom stereocenters. The molecule has 1 fully saturated rings. The summed E-state index contributed by atoms with van der Waals surface area (Å²) in [5.74, 6) is 0. The van der Waals surface area contributed by atoms with Crippen molar-refractivity contribution < 1.29 is 0 Å². The summed E-state index contributed by atoms with van der Waals surface area (Å²) in [6.45, 7) is 8.09. The third-order valence-electron chi connectivity index (χ3n) is 2.20. The fraction of sp³-hybridized carbons (Fsp3) is 0.778. The van der Waals surface area contributed by atoms with Crippen molar-refractivity contribution in [2.24, 2.45) is 0 Å². The van der Waals surface area contributed by atoms with Gasteiger partial charge < -0.3 is 4.90 Å². The van der Waals surface area contributed by atoms with E-state index in [1.54, 1.807) is 0 Å². The van der Waals surface area contributed by atoms with E-state index in [2.05, 4.69) is 35.9 Å². The molecule has 0 aromatic rings. The van der Waals surface area contributed by atoms with E-state index in [1.807, 2.05) is 0 Å². The van der Waals surface area contributed by atoms with Crippen LogP contribution in [-0.2, 0) is 0 Å². The van der Waals surface area contributed by atoms with Gasteiger partial charge in [-0.3, -0.25) is 4.90 Å². The van der Waals surface area contributed by atoms with Gasteiger partial charge in [0.25, 0.3) is 0 Å². The van der Waals surface area contributed by atoms with Crippen LogP contribution < -0.4 is 0 Å². The first-order valence-corrected chi connectivity index (χ1v) is 4.35. The Bertz CT molecular complexity index is 124. The topological polar surface area (TPSA) is 6.48 Å². The lowest BCUT2D eigenvalue weighted by atomic mass is 10.3. The zero-order chi connectivity index (χ0) is 8.10. The zero-order valence-corrected chi connectivity index (χ0v) is 7.58. The van der Waals surface area contributed by atoms with E-state index in [9.17, 15) is 0 Å². The van der Waals surface area contributed by atoms with Crippen molar-refractivity contribution >= 4 is 0 Å². The second-order valence-corrected chi connectivity index (χ2v) is 3.17. The molecule has 0 atom stereocenters. The number of hydrogen-bond acceptors (Lipinski definition) is 2. The summed E-state index contributed by atoms with van der Waals surface area (Å²) in [4.78, 5) is 4.87. The minimum atomic E-state index is 1.13. The minimum Gasteiger partial charge on any atom is -0.304 e. The molecule has 1 rings (SSSR count). The van der Waals surface area contributed by atoms with Crippen LogP contribution in [0.4, 0.5) is 0 Å². The molecular formula is C9H18N2. The predicted molar refractivity (Wildman–Crippen MR) is 48.8 cm³/mol. The molecule has 2 heteroatoms. The average Bonchev–Trinajstić information content (AvgIpc) is 2.04. The third-order valence-corrected chi connectivity index (χ3v) is 2.20. The smallest absolute Gasteiger partial charge is 0.0164 e. The highest BCUT2D eigenvalue weighted by Gasteiger charge is 2.11. The van der Waals surface area contributed by atoms with Gasteiger partial charge in [0.1, 0.15) is 0 Å². The highest BCUT2D eigenvalue weighted by Crippen LogP contribution is 1.98. The van der Waals surface area contributed by atoms with Crippen LogP contribution >= 0.6 is 0 Å². The Kier molecular flexibility index (Phi) is 3.60. The third kappa shape index (κ3) is 3.04. The van der Waals surface area contributed by atoms with Crippen LogP contribution in [0, 0.1) is 0 Å². The maximum atomic E-state index is 2.49. The highest BCUT2D eigenvalue weighted by atomic mass is 15.2. The molecule has 1 aliphatic rings. The fourth-order valence-electron chi connectivity index (χ4n) is 1.28. The van der Waals surface area contributed by atoms with Crippen LogP contribution in [0.15, 0.2) is 12.2 Å². The molecule has 0 amide bonds. The first-order valence-electron chi connectivity index (χ1n) is 4.35. The summed E-state index contributed by atoms with van der Waals surface area (Å²) in [5.41, 5.74) is 0. The van der Waals surface area contributed by atoms with Gasteiger partial charge in [-0.1, -0.05) is 12.2 Å². The Hall–Kier alpha value is -0.340. The molecule has 0 spiro atoms. The molecule has 11 heavy (non-hydrogen) atoms. The summed E-state index contributed by atoms with van der Waals surface area (Å²) in [6.07, 6.45) is 4.35. The van der Waals surface area contributed by atoms with Gasteiger partial charge in [0.2, 0.25) is 0 Å². The number of likely N-dealkylation sites (N-methyl/N-ethyl adjacent to an activating group) is 1. The molecular weight excluding hydrogens is 136 g/mol. The number of rotatable bonds is 2. The summed E-state index contributed by atoms with van der Waals surface area (Å²) in [7, 11) is 2.19. The van der Waals surface area contributed by atoms with Crippen molar-refractivity contribution in [3.05, 3.63) is 12.2 Å². The first-order chi connectivity index (χ1) is 5.33. The number of hydrogen-bond donors (Lipinski definition) is 0. The molecule has 0 radical (unpaired) electrons. The Morgan fingerprint density at radius 3 is 2.36 bits per heavy atom. The van der Waals surface area contributed by atoms with E-state index in [1.165, 1.54) is 26.2 Å². The summed E-state index contributed by atoms with van der Waals surface area (Å²) in [6, 6.07) is 0. The number of piperazine rings is 1. The van der Waals surface area contributed by atoms with Gasteiger partial charge in [0, 0.05) is 32.7 Å². The summed E-state index contributed by atoms with van der Waals surface area (Å²) >= 11 is 0. The second kappa shape index (κ2) is 4.52. The Morgan fingerprint density at radius 1 is 1.18 bits per heavy atom. The number of allylic oxidation sites excluding steroid dienone is 1. The van der Waals surface area contributed by atoms with Crippen LogP contribution in [-0.4, -0.2) is 49.6 Å². The molecule has 0 aliphatic carbocycles. The molecule has 2 nitrogen and oxygen atoms in total. The Morgan fingerprint density at radius 2 is 1.82 bits per heavy atom. The van der Waals surface area contributed by atoms with Crippen LogP contribution in [0.5, 0.6) is 0 Å². The van der Waals surface area contributed by atoms with Gasteiger partial charge in [0.15, 0.2) is 0 Å². The van der Waals surface area contributed by atoms with E-state index < -0.39 is 0 Å². The van der Waals surface area contributed by atoms with Gasteiger partial charge in [-0.15, -0.1) is 0 Å². The average molecular weight is 154 g/mol. The Labute approximate surface area is 69.5 Å². The maximum Gasteiger partial charge on any atom is 0.0164 e. The van der Waals surface area contributed by atoms with Gasteiger partial charge in [-0.05, 0) is 14.0 Å². The lowest BCUT2D eigenvalue weighted by molar-refractivity contribution is 0.166. The lowest BCUT2D eigenvalue weighted by Crippen LogP contribution is -2.44. The van der Waals surface area contributed by atoms with E-state index in [0.29, 0.717) is 0 Å². The normalized spacial score (nSPS) is 23.1. The van der Waals surface area contributed by atoms with Gasteiger partial charge in [0.05, 0.1) is 0 Å². The molecule has 1 saturated heterocycles. The first kappa shape index (κ1) is 8.75. The SMILES string of the molecule is CC=CCN1CCN(C)CC1. The highest BCUT2D eigenvalue weighted by molar-refractivity contribution is 4.83. The van der Waals surface area contributed by atoms with E-state index in [4.69, 9.17) is 0 Å². The van der Waals surface area contributed by atoms with Crippen molar-refractivity contribution in [1.82, 2.24) is 9.80 Å². The monoisotopic (exact) mass is 154 g/mol. The van der Waals surface area contributed by atoms with Gasteiger partial charge >= 0.3 is 0 Å². The van der Waals surface area contributed by atoms with Crippen molar-refractivity contribution in [3.8, 4) is 0 Å². The van der Waals surface area contributed by atoms with Crippen LogP contribution in [0.2, 0.25) is 0 Å². The number of nitrogens with zero attached hydrogens (tertiary/aromatic N) is 2. The van der Waals surface area contributed by atoms with Gasteiger partial charge in [-0.2, -0.15) is 0 Å². The molecule has 64 valence electrons. The van der Waals surface area contributed by atoms with Crippen molar-refractivity contribution in [2.75, 3.05) is 39.8 Å². The summed E-state index contributed by atoms with van der Waals surface area (Å²) < 4.78 is 0. The van der Waals surface area contributed by atoms with Crippen molar-refractivity contribution in [1.29, 1.82) is 0 Å². The van der Waals surface area contributed by atoms with Crippen molar-refractivity contribution in [2.45, 2.75) is 6.92 Å². The molecule has 0 aromatic heterocycles. The zero-order valence-electron chi connectivity index (χ0n) is 7.58.